The lowest BCUT2D eigenvalue weighted by Gasteiger charge is -2.34. The molecule has 19 rings (SSSR count). The largest absolute Gasteiger partial charge is 0.309 e. The monoisotopic (exact) mass is 1470 g/mol. The molecule has 0 unspecified atom stereocenters. The number of benzene rings is 17. The van der Waals surface area contributed by atoms with Crippen LogP contribution >= 0.6 is 0 Å². The number of hydrogen-bond donors (Lipinski definition) is 0. The Morgan fingerprint density at radius 1 is 0.164 bits per heavy atom. The van der Waals surface area contributed by atoms with Crippen molar-refractivity contribution in [1.29, 1.82) is 5.26 Å². The molecule has 0 aliphatic heterocycles. The van der Waals surface area contributed by atoms with Gasteiger partial charge in [-0.1, -0.05) is 413 Å². The van der Waals surface area contributed by atoms with Crippen molar-refractivity contribution >= 4 is 159 Å². The highest BCUT2D eigenvalue weighted by molar-refractivity contribution is 7.22. The Balaban J connectivity index is 0.918. The molecular weight excluding hydrogens is 1390 g/mol. The Hall–Kier alpha value is -13.3. The molecule has 2 heterocycles. The zero-order valence-electron chi connectivity index (χ0n) is 60.6. The van der Waals surface area contributed by atoms with Crippen LogP contribution in [0.5, 0.6) is 0 Å². The molecule has 0 radical (unpaired) electrons. The third-order valence-corrected chi connectivity index (χ3v) is 42.4. The maximum Gasteiger partial charge on any atom is 0.179 e. The van der Waals surface area contributed by atoms with Crippen molar-refractivity contribution in [2.75, 3.05) is 0 Å². The molecule has 0 aliphatic carbocycles. The summed E-state index contributed by atoms with van der Waals surface area (Å²) in [5, 5.41) is 37.2. The van der Waals surface area contributed by atoms with Crippen molar-refractivity contribution in [2.45, 2.75) is 0 Å². The molecule has 0 bridgehead atoms. The Morgan fingerprint density at radius 2 is 0.318 bits per heavy atom. The number of nitriles is 1. The minimum atomic E-state index is -3.09. The summed E-state index contributed by atoms with van der Waals surface area (Å²) >= 11 is 0. The van der Waals surface area contributed by atoms with E-state index in [-0.39, 0.29) is 0 Å². The van der Waals surface area contributed by atoms with E-state index in [2.05, 4.69) is 470 Å². The van der Waals surface area contributed by atoms with Crippen molar-refractivity contribution in [1.82, 2.24) is 9.13 Å². The summed E-state index contributed by atoms with van der Waals surface area (Å²) in [6.07, 6.45) is 0. The van der Waals surface area contributed by atoms with Crippen LogP contribution in [0, 0.1) is 11.3 Å². The molecule has 0 aliphatic rings. The molecule has 3 nitrogen and oxygen atoms in total. The van der Waals surface area contributed by atoms with Crippen molar-refractivity contribution in [3.8, 4) is 17.4 Å². The van der Waals surface area contributed by atoms with E-state index < -0.39 is 32.3 Å². The molecule has 2 aromatic heterocycles. The van der Waals surface area contributed by atoms with Gasteiger partial charge < -0.3 is 9.13 Å². The lowest BCUT2D eigenvalue weighted by Crippen LogP contribution is -2.74. The molecule has 0 saturated carbocycles. The maximum absolute atomic E-state index is 11.8. The third-order valence-electron chi connectivity index (χ3n) is 23.3. The minimum absolute atomic E-state index is 0.559. The van der Waals surface area contributed by atoms with Gasteiger partial charge >= 0.3 is 0 Å². The average Bonchev–Trinajstić information content (AvgIpc) is 1.42. The predicted molar refractivity (Wildman–Crippen MR) is 474 cm³/mol. The number of rotatable bonds is 18. The van der Waals surface area contributed by atoms with Gasteiger partial charge in [0.1, 0.15) is 0 Å². The van der Waals surface area contributed by atoms with Crippen LogP contribution < -0.4 is 83.0 Å². The van der Waals surface area contributed by atoms with Gasteiger partial charge in [-0.15, -0.1) is 0 Å². The molecule has 19 aromatic rings. The highest BCUT2D eigenvalue weighted by atomic mass is 28.3. The highest BCUT2D eigenvalue weighted by Gasteiger charge is 2.46. The van der Waals surface area contributed by atoms with Gasteiger partial charge in [0.2, 0.25) is 0 Å². The Morgan fingerprint density at radius 3 is 0.464 bits per heavy atom. The number of fused-ring (bicyclic) bond motifs is 6. The van der Waals surface area contributed by atoms with Crippen LogP contribution in [0.1, 0.15) is 5.56 Å². The maximum atomic E-state index is 11.8. The highest BCUT2D eigenvalue weighted by Crippen LogP contribution is 2.37. The van der Waals surface area contributed by atoms with Crippen molar-refractivity contribution < 1.29 is 0 Å². The average molecular weight is 1470 g/mol. The van der Waals surface area contributed by atoms with Crippen LogP contribution in [0.15, 0.2) is 455 Å². The van der Waals surface area contributed by atoms with E-state index >= 15 is 0 Å². The van der Waals surface area contributed by atoms with Gasteiger partial charge in [0.05, 0.1) is 33.7 Å². The first-order chi connectivity index (χ1) is 54.5. The van der Waals surface area contributed by atoms with Gasteiger partial charge in [-0.3, -0.25) is 0 Å². The SMILES string of the molecule is N#Cc1cc(-n2c3ccc([Si](c4ccccc4)(c4ccccc4)c4ccccc4)cc3c3cc([Si](c4ccccc4)(c4ccccc4)c4ccccc4)ccc32)cc(-n2c3ccc([Si](c4ccccc4)(c4ccccc4)c4ccccc4)cc3c3cc([Si](c4ccccc4)(c4ccccc4)c4ccccc4)ccc32)c1. The quantitative estimate of drug-likeness (QED) is 0.0623. The van der Waals surface area contributed by atoms with Gasteiger partial charge in [-0.05, 0) is 125 Å². The Labute approximate surface area is 646 Å². The van der Waals surface area contributed by atoms with E-state index in [1.165, 1.54) is 83.0 Å². The van der Waals surface area contributed by atoms with Crippen LogP contribution in [-0.4, -0.2) is 41.4 Å². The topological polar surface area (TPSA) is 33.6 Å². The Kier molecular flexibility index (Phi) is 17.4. The third kappa shape index (κ3) is 10.9. The first-order valence-electron chi connectivity index (χ1n) is 37.9. The first-order valence-corrected chi connectivity index (χ1v) is 45.9. The van der Waals surface area contributed by atoms with Crippen molar-refractivity contribution in [3.63, 3.8) is 0 Å². The fourth-order valence-corrected chi connectivity index (χ4v) is 37.8. The summed E-state index contributed by atoms with van der Waals surface area (Å²) in [4.78, 5) is 0. The van der Waals surface area contributed by atoms with E-state index in [0.29, 0.717) is 5.56 Å². The zero-order valence-corrected chi connectivity index (χ0v) is 64.6. The van der Waals surface area contributed by atoms with Gasteiger partial charge in [-0.25, -0.2) is 0 Å². The van der Waals surface area contributed by atoms with Gasteiger partial charge in [0.15, 0.2) is 32.3 Å². The molecule has 0 N–H and O–H groups in total. The van der Waals surface area contributed by atoms with E-state index in [1.54, 1.807) is 0 Å². The second kappa shape index (κ2) is 28.4. The molecule has 518 valence electrons. The number of aromatic nitrogens is 2. The molecule has 0 spiro atoms. The predicted octanol–water partition coefficient (Wildman–Crippen LogP) is 13.3. The molecule has 0 amide bonds. The van der Waals surface area contributed by atoms with E-state index in [1.807, 2.05) is 0 Å². The normalized spacial score (nSPS) is 12.0. The Bertz CT molecular complexity index is 5400. The molecule has 17 aromatic carbocycles. The molecule has 7 heteroatoms. The van der Waals surface area contributed by atoms with E-state index in [4.69, 9.17) is 0 Å². The standard InChI is InChI=1S/C103H75N3Si4/c104-76-77-69-78(105-100-65-61-92(107(80-37-13-1-14-38-80,81-39-15-2-16-40-81)82-41-17-3-18-42-82)72-96(100)97-73-93(62-66-101(97)105)108(83-43-19-4-20-44-83,84-45-21-5-22-46-84)85-47-23-6-24-48-85)71-79(70-77)106-102-67-63-94(109(86-49-25-7-26-50-86,87-51-27-8-28-52-87)88-53-29-9-30-54-88)74-98(102)99-75-95(64-68-103(99)106)110(89-55-31-10-32-56-89,90-57-33-11-34-58-90)91-59-35-12-36-60-91/h1-75H. The first kappa shape index (κ1) is 67.3. The van der Waals surface area contributed by atoms with E-state index in [0.717, 1.165) is 55.0 Å². The summed E-state index contributed by atoms with van der Waals surface area (Å²) in [6, 6.07) is 174. The second-order valence-corrected chi connectivity index (χ2v) is 44.1. The fourth-order valence-electron chi connectivity index (χ4n) is 18.7. The molecule has 0 atom stereocenters. The molecule has 110 heavy (non-hydrogen) atoms. The van der Waals surface area contributed by atoms with Crippen LogP contribution in [0.4, 0.5) is 0 Å². The van der Waals surface area contributed by atoms with E-state index in [9.17, 15) is 5.26 Å². The fraction of sp³-hybridized carbons (Fsp3) is 0. The zero-order chi connectivity index (χ0) is 73.5. The molecular formula is C103H75N3Si4. The van der Waals surface area contributed by atoms with Crippen LogP contribution in [0.2, 0.25) is 0 Å². The number of nitrogens with zero attached hydrogens (tertiary/aromatic N) is 3. The van der Waals surface area contributed by atoms with Crippen molar-refractivity contribution in [3.05, 3.63) is 461 Å². The number of hydrogen-bond acceptors (Lipinski definition) is 1. The lowest BCUT2D eigenvalue weighted by atomic mass is 10.1. The van der Waals surface area contributed by atoms with Gasteiger partial charge in [0, 0.05) is 32.9 Å². The smallest absolute Gasteiger partial charge is 0.179 e. The van der Waals surface area contributed by atoms with Crippen LogP contribution in [0.25, 0.3) is 55.0 Å². The summed E-state index contributed by atoms with van der Waals surface area (Å²) in [7, 11) is -12.3. The van der Waals surface area contributed by atoms with Crippen LogP contribution in [0.3, 0.4) is 0 Å². The second-order valence-electron chi connectivity index (χ2n) is 28.8. The summed E-state index contributed by atoms with van der Waals surface area (Å²) in [5.41, 5.74) is 6.55. The van der Waals surface area contributed by atoms with Crippen molar-refractivity contribution in [2.24, 2.45) is 0 Å². The summed E-state index contributed by atoms with van der Waals surface area (Å²) < 4.78 is 4.92. The van der Waals surface area contributed by atoms with Gasteiger partial charge in [-0.2, -0.15) is 5.26 Å². The molecule has 0 fully saturated rings. The van der Waals surface area contributed by atoms with Crippen LogP contribution in [-0.2, 0) is 0 Å². The molecule has 0 saturated heterocycles. The van der Waals surface area contributed by atoms with Gasteiger partial charge in [0.25, 0.3) is 0 Å². The lowest BCUT2D eigenvalue weighted by molar-refractivity contribution is 1.13. The summed E-state index contributed by atoms with van der Waals surface area (Å²) in [5.74, 6) is 0. The minimum Gasteiger partial charge on any atom is -0.309 e. The summed E-state index contributed by atoms with van der Waals surface area (Å²) in [6.45, 7) is 0.